The van der Waals surface area contributed by atoms with Crippen molar-refractivity contribution >= 4 is 23.2 Å². The molecule has 1 aromatic carbocycles. The fourth-order valence-corrected chi connectivity index (χ4v) is 1.71. The summed E-state index contributed by atoms with van der Waals surface area (Å²) >= 11 is 11.5. The highest BCUT2D eigenvalue weighted by molar-refractivity contribution is 6.35. The number of phenols is 1. The van der Waals surface area contributed by atoms with Gasteiger partial charge in [-0.3, -0.25) is 0 Å². The quantitative estimate of drug-likeness (QED) is 0.767. The van der Waals surface area contributed by atoms with Crippen molar-refractivity contribution in [3.8, 4) is 5.75 Å². The lowest BCUT2D eigenvalue weighted by atomic mass is 10.2. The second-order valence-corrected chi connectivity index (χ2v) is 4.22. The monoisotopic (exact) mass is 249 g/mol. The van der Waals surface area contributed by atoms with Crippen LogP contribution >= 0.6 is 23.2 Å². The summed E-state index contributed by atoms with van der Waals surface area (Å²) in [5.41, 5.74) is 0.619. The molecule has 0 aliphatic rings. The fourth-order valence-electron chi connectivity index (χ4n) is 1.17. The van der Waals surface area contributed by atoms with E-state index in [2.05, 4.69) is 5.32 Å². The first-order valence-electron chi connectivity index (χ1n) is 4.56. The predicted octanol–water partition coefficient (Wildman–Crippen LogP) is 2.17. The maximum atomic E-state index is 9.59. The van der Waals surface area contributed by atoms with Crippen molar-refractivity contribution in [1.29, 1.82) is 0 Å². The number of aliphatic hydroxyl groups excluding tert-OH is 1. The molecule has 0 aromatic heterocycles. The molecule has 0 aliphatic carbocycles. The molecule has 1 atom stereocenters. The third-order valence-electron chi connectivity index (χ3n) is 1.86. The van der Waals surface area contributed by atoms with Gasteiger partial charge in [0.25, 0.3) is 0 Å². The molecule has 0 radical (unpaired) electrons. The fraction of sp³-hybridized carbons (Fsp3) is 0.400. The van der Waals surface area contributed by atoms with E-state index in [1.54, 1.807) is 13.0 Å². The van der Waals surface area contributed by atoms with E-state index in [0.717, 1.165) is 0 Å². The molecular weight excluding hydrogens is 237 g/mol. The van der Waals surface area contributed by atoms with Gasteiger partial charge in [0.2, 0.25) is 0 Å². The molecular formula is C10H13Cl2NO2. The van der Waals surface area contributed by atoms with Crippen molar-refractivity contribution in [3.63, 3.8) is 0 Å². The van der Waals surface area contributed by atoms with Crippen LogP contribution in [0.1, 0.15) is 12.5 Å². The van der Waals surface area contributed by atoms with Crippen LogP contribution in [-0.4, -0.2) is 22.9 Å². The smallest absolute Gasteiger partial charge is 0.138 e. The Kier molecular flexibility index (Phi) is 4.67. The van der Waals surface area contributed by atoms with Crippen LogP contribution in [-0.2, 0) is 6.54 Å². The van der Waals surface area contributed by atoms with Crippen LogP contribution in [0.5, 0.6) is 5.75 Å². The zero-order chi connectivity index (χ0) is 11.4. The average Bonchev–Trinajstić information content (AvgIpc) is 2.12. The summed E-state index contributed by atoms with van der Waals surface area (Å²) in [6.45, 7) is 2.54. The van der Waals surface area contributed by atoms with E-state index in [1.807, 2.05) is 0 Å². The van der Waals surface area contributed by atoms with E-state index in [4.69, 9.17) is 28.3 Å². The van der Waals surface area contributed by atoms with E-state index >= 15 is 0 Å². The van der Waals surface area contributed by atoms with Crippen molar-refractivity contribution in [3.05, 3.63) is 27.7 Å². The summed E-state index contributed by atoms with van der Waals surface area (Å²) in [6, 6.07) is 3.12. The second-order valence-electron chi connectivity index (χ2n) is 3.38. The van der Waals surface area contributed by atoms with Crippen LogP contribution < -0.4 is 5.32 Å². The molecule has 0 fully saturated rings. The summed E-state index contributed by atoms with van der Waals surface area (Å²) in [4.78, 5) is 0. The third-order valence-corrected chi connectivity index (χ3v) is 2.37. The number of nitrogens with one attached hydrogen (secondary N) is 1. The first kappa shape index (κ1) is 12.6. The maximum absolute atomic E-state index is 9.59. The van der Waals surface area contributed by atoms with E-state index in [-0.39, 0.29) is 10.8 Å². The molecule has 3 N–H and O–H groups in total. The van der Waals surface area contributed by atoms with E-state index in [0.29, 0.717) is 23.7 Å². The molecule has 0 aliphatic heterocycles. The predicted molar refractivity (Wildman–Crippen MR) is 61.5 cm³/mol. The largest absolute Gasteiger partial charge is 0.506 e. The highest BCUT2D eigenvalue weighted by Crippen LogP contribution is 2.30. The Bertz CT molecular complexity index is 342. The molecule has 0 saturated heterocycles. The standard InChI is InChI=1S/C10H13Cl2NO2/c1-6(14)4-13-5-7-2-8(11)3-9(12)10(7)15/h2-3,6,13-15H,4-5H2,1H3/t6-/m0/s1. The minimum atomic E-state index is -0.429. The van der Waals surface area contributed by atoms with E-state index in [1.165, 1.54) is 6.07 Å². The summed E-state index contributed by atoms with van der Waals surface area (Å²) in [5, 5.41) is 22.3. The van der Waals surface area contributed by atoms with Gasteiger partial charge in [0.15, 0.2) is 0 Å². The molecule has 15 heavy (non-hydrogen) atoms. The lowest BCUT2D eigenvalue weighted by Gasteiger charge is -2.09. The topological polar surface area (TPSA) is 52.5 Å². The Morgan fingerprint density at radius 2 is 2.07 bits per heavy atom. The molecule has 0 spiro atoms. The first-order valence-corrected chi connectivity index (χ1v) is 5.32. The van der Waals surface area contributed by atoms with Gasteiger partial charge in [-0.2, -0.15) is 0 Å². The lowest BCUT2D eigenvalue weighted by molar-refractivity contribution is 0.191. The number of phenolic OH excluding ortho intramolecular Hbond substituents is 1. The zero-order valence-electron chi connectivity index (χ0n) is 8.30. The summed E-state index contributed by atoms with van der Waals surface area (Å²) in [5.74, 6) is 0.0270. The number of halogens is 2. The summed E-state index contributed by atoms with van der Waals surface area (Å²) in [7, 11) is 0. The molecule has 5 heteroatoms. The average molecular weight is 250 g/mol. The molecule has 0 heterocycles. The van der Waals surface area contributed by atoms with Gasteiger partial charge in [0.05, 0.1) is 11.1 Å². The van der Waals surface area contributed by atoms with Gasteiger partial charge in [-0.1, -0.05) is 23.2 Å². The van der Waals surface area contributed by atoms with Gasteiger partial charge in [0, 0.05) is 23.7 Å². The highest BCUT2D eigenvalue weighted by atomic mass is 35.5. The number of hydrogen-bond donors (Lipinski definition) is 3. The number of rotatable bonds is 4. The second kappa shape index (κ2) is 5.56. The Balaban J connectivity index is 2.68. The molecule has 1 aromatic rings. The third kappa shape index (κ3) is 3.87. The summed E-state index contributed by atoms with van der Waals surface area (Å²) < 4.78 is 0. The highest BCUT2D eigenvalue weighted by Gasteiger charge is 2.07. The van der Waals surface area contributed by atoms with Crippen molar-refractivity contribution in [1.82, 2.24) is 5.32 Å². The minimum absolute atomic E-state index is 0.0270. The molecule has 1 rings (SSSR count). The van der Waals surface area contributed by atoms with Gasteiger partial charge in [0.1, 0.15) is 5.75 Å². The van der Waals surface area contributed by atoms with Crippen LogP contribution in [0.25, 0.3) is 0 Å². The van der Waals surface area contributed by atoms with Crippen LogP contribution in [0, 0.1) is 0 Å². The molecule has 0 amide bonds. The van der Waals surface area contributed by atoms with Crippen LogP contribution in [0.3, 0.4) is 0 Å². The Morgan fingerprint density at radius 1 is 1.40 bits per heavy atom. The molecule has 0 saturated carbocycles. The van der Waals surface area contributed by atoms with Gasteiger partial charge < -0.3 is 15.5 Å². The maximum Gasteiger partial charge on any atom is 0.138 e. The molecule has 0 bridgehead atoms. The summed E-state index contributed by atoms with van der Waals surface area (Å²) in [6.07, 6.45) is -0.429. The molecule has 84 valence electrons. The Hall–Kier alpha value is -0.480. The molecule has 0 unspecified atom stereocenters. The Labute approximate surface area is 98.6 Å². The van der Waals surface area contributed by atoms with E-state index < -0.39 is 6.10 Å². The van der Waals surface area contributed by atoms with Crippen molar-refractivity contribution < 1.29 is 10.2 Å². The minimum Gasteiger partial charge on any atom is -0.506 e. The number of aliphatic hydroxyl groups is 1. The van der Waals surface area contributed by atoms with Crippen molar-refractivity contribution in [2.45, 2.75) is 19.6 Å². The van der Waals surface area contributed by atoms with Gasteiger partial charge in [-0.05, 0) is 19.1 Å². The SMILES string of the molecule is C[C@H](O)CNCc1cc(Cl)cc(Cl)c1O. The number of hydrogen-bond acceptors (Lipinski definition) is 3. The van der Waals surface area contributed by atoms with Crippen LogP contribution in [0.2, 0.25) is 10.0 Å². The van der Waals surface area contributed by atoms with Gasteiger partial charge in [-0.15, -0.1) is 0 Å². The van der Waals surface area contributed by atoms with Gasteiger partial charge in [-0.25, -0.2) is 0 Å². The number of benzene rings is 1. The van der Waals surface area contributed by atoms with Crippen LogP contribution in [0.4, 0.5) is 0 Å². The normalized spacial score (nSPS) is 12.8. The van der Waals surface area contributed by atoms with Gasteiger partial charge >= 0.3 is 0 Å². The zero-order valence-corrected chi connectivity index (χ0v) is 9.81. The van der Waals surface area contributed by atoms with E-state index in [9.17, 15) is 5.11 Å². The first-order chi connectivity index (χ1) is 7.00. The van der Waals surface area contributed by atoms with Crippen molar-refractivity contribution in [2.24, 2.45) is 0 Å². The Morgan fingerprint density at radius 3 is 2.67 bits per heavy atom. The number of aromatic hydroxyl groups is 1. The van der Waals surface area contributed by atoms with Crippen molar-refractivity contribution in [2.75, 3.05) is 6.54 Å². The lowest BCUT2D eigenvalue weighted by Crippen LogP contribution is -2.23. The molecule has 3 nitrogen and oxygen atoms in total. The van der Waals surface area contributed by atoms with Crippen LogP contribution in [0.15, 0.2) is 12.1 Å².